The molecule has 1 unspecified atom stereocenters. The van der Waals surface area contributed by atoms with Gasteiger partial charge in [-0.05, 0) is 55.0 Å². The van der Waals surface area contributed by atoms with Crippen molar-refractivity contribution in [3.8, 4) is 28.6 Å². The van der Waals surface area contributed by atoms with Crippen LogP contribution >= 0.6 is 0 Å². The molecule has 0 spiro atoms. The topological polar surface area (TPSA) is 94.8 Å². The van der Waals surface area contributed by atoms with E-state index in [9.17, 15) is 14.0 Å². The van der Waals surface area contributed by atoms with Crippen LogP contribution in [0.3, 0.4) is 0 Å². The summed E-state index contributed by atoms with van der Waals surface area (Å²) in [5.74, 6) is -0.676. The van der Waals surface area contributed by atoms with Crippen LogP contribution in [0.1, 0.15) is 24.8 Å². The molecule has 9 heteroatoms. The maximum atomic E-state index is 15.1. The number of carbonyl (C=O) groups excluding carboxylic acids is 1. The molecule has 2 fully saturated rings. The van der Waals surface area contributed by atoms with E-state index in [-0.39, 0.29) is 40.3 Å². The van der Waals surface area contributed by atoms with Crippen molar-refractivity contribution in [2.45, 2.75) is 25.8 Å². The first-order chi connectivity index (χ1) is 15.9. The van der Waals surface area contributed by atoms with E-state index in [1.54, 1.807) is 6.07 Å². The van der Waals surface area contributed by atoms with Gasteiger partial charge in [0.25, 0.3) is 0 Å². The summed E-state index contributed by atoms with van der Waals surface area (Å²) in [7, 11) is 0. The van der Waals surface area contributed by atoms with E-state index in [2.05, 4.69) is 10.2 Å². The zero-order valence-electron chi connectivity index (χ0n) is 17.7. The van der Waals surface area contributed by atoms with Gasteiger partial charge in [0.15, 0.2) is 5.82 Å². The summed E-state index contributed by atoms with van der Waals surface area (Å²) in [6, 6.07) is 10.1. The second kappa shape index (κ2) is 8.28. The van der Waals surface area contributed by atoms with E-state index in [0.717, 1.165) is 25.3 Å². The number of hydrogen-bond donors (Lipinski definition) is 1. The van der Waals surface area contributed by atoms with Gasteiger partial charge in [-0.3, -0.25) is 9.36 Å². The summed E-state index contributed by atoms with van der Waals surface area (Å²) in [6.45, 7) is 1.57. The first kappa shape index (κ1) is 21.1. The number of nitrogens with one attached hydrogen (secondary N) is 1. The van der Waals surface area contributed by atoms with E-state index in [4.69, 9.17) is 5.26 Å². The molecule has 1 aliphatic carbocycles. The van der Waals surface area contributed by atoms with Gasteiger partial charge in [-0.1, -0.05) is 12.1 Å². The summed E-state index contributed by atoms with van der Waals surface area (Å²) >= 11 is 0. The van der Waals surface area contributed by atoms with Crippen LogP contribution in [0.5, 0.6) is 0 Å². The van der Waals surface area contributed by atoms with Crippen LogP contribution in [0.2, 0.25) is 0 Å². The van der Waals surface area contributed by atoms with Gasteiger partial charge in [0.1, 0.15) is 11.6 Å². The predicted molar refractivity (Wildman–Crippen MR) is 116 cm³/mol. The van der Waals surface area contributed by atoms with E-state index in [1.807, 2.05) is 11.0 Å². The highest BCUT2D eigenvalue weighted by molar-refractivity contribution is 5.81. The minimum absolute atomic E-state index is 0.0804. The third kappa shape index (κ3) is 4.04. The lowest BCUT2D eigenvalue weighted by Crippen LogP contribution is -2.31. The molecular formula is C24H21F2N5O2. The van der Waals surface area contributed by atoms with Gasteiger partial charge >= 0.3 is 5.69 Å². The Morgan fingerprint density at radius 1 is 1.12 bits per heavy atom. The van der Waals surface area contributed by atoms with Crippen molar-refractivity contribution < 1.29 is 13.6 Å². The average molecular weight is 449 g/mol. The average Bonchev–Trinajstić information content (AvgIpc) is 3.46. The fourth-order valence-electron chi connectivity index (χ4n) is 4.40. The first-order valence-corrected chi connectivity index (χ1v) is 10.9. The molecule has 1 aliphatic heterocycles. The number of carbonyl (C=O) groups is 1. The van der Waals surface area contributed by atoms with Gasteiger partial charge in [-0.25, -0.2) is 18.7 Å². The lowest BCUT2D eigenvalue weighted by molar-refractivity contribution is -0.131. The third-order valence-corrected chi connectivity index (χ3v) is 6.34. The second-order valence-corrected chi connectivity index (χ2v) is 8.68. The Labute approximate surface area is 188 Å². The van der Waals surface area contributed by atoms with Gasteiger partial charge in [0, 0.05) is 31.1 Å². The largest absolute Gasteiger partial charge is 0.343 e. The number of H-pyrrole nitrogens is 1. The first-order valence-electron chi connectivity index (χ1n) is 10.9. The molecule has 2 aliphatic rings. The van der Waals surface area contributed by atoms with Crippen molar-refractivity contribution >= 4 is 5.91 Å². The minimum atomic E-state index is -0.645. The molecule has 2 aromatic carbocycles. The van der Waals surface area contributed by atoms with Crippen molar-refractivity contribution in [3.63, 3.8) is 0 Å². The van der Waals surface area contributed by atoms with Crippen LogP contribution in [0.25, 0.3) is 22.5 Å². The van der Waals surface area contributed by atoms with Crippen LogP contribution < -0.4 is 5.69 Å². The summed E-state index contributed by atoms with van der Waals surface area (Å²) < 4.78 is 30.8. The van der Waals surface area contributed by atoms with Crippen molar-refractivity contribution in [1.29, 1.82) is 5.26 Å². The standard InChI is InChI=1S/C24H21F2N5O2/c25-20-9-14(11-27)1-5-18(20)17-4-6-19(21(26)10-17)22-28-29-24(33)31(22)13-15-7-8-30(12-15)23(32)16-2-3-16/h1,4-6,9-10,15-16H,2-3,7-8,12-13H2,(H,29,33). The highest BCUT2D eigenvalue weighted by atomic mass is 19.1. The fourth-order valence-corrected chi connectivity index (χ4v) is 4.40. The number of amides is 1. The van der Waals surface area contributed by atoms with Crippen LogP contribution in [0.15, 0.2) is 41.2 Å². The Bertz CT molecular complexity index is 1340. The van der Waals surface area contributed by atoms with Crippen molar-refractivity contribution in [3.05, 3.63) is 64.1 Å². The summed E-state index contributed by atoms with van der Waals surface area (Å²) in [5.41, 5.74) is 0.338. The zero-order chi connectivity index (χ0) is 23.1. The van der Waals surface area contributed by atoms with Crippen LogP contribution in [-0.4, -0.2) is 38.7 Å². The smallest absolute Gasteiger partial charge is 0.342 e. The van der Waals surface area contributed by atoms with E-state index in [0.29, 0.717) is 25.2 Å². The number of rotatable bonds is 5. The summed E-state index contributed by atoms with van der Waals surface area (Å²) in [6.07, 6.45) is 2.68. The van der Waals surface area contributed by atoms with Crippen LogP contribution in [0.4, 0.5) is 8.78 Å². The second-order valence-electron chi connectivity index (χ2n) is 8.68. The zero-order valence-corrected chi connectivity index (χ0v) is 17.7. The Morgan fingerprint density at radius 3 is 2.58 bits per heavy atom. The highest BCUT2D eigenvalue weighted by Gasteiger charge is 2.37. The number of aromatic amines is 1. The number of nitriles is 1. The number of likely N-dealkylation sites (tertiary alicyclic amines) is 1. The van der Waals surface area contributed by atoms with E-state index in [1.165, 1.54) is 28.8 Å². The van der Waals surface area contributed by atoms with Gasteiger partial charge in [-0.15, -0.1) is 0 Å². The van der Waals surface area contributed by atoms with E-state index < -0.39 is 17.3 Å². The monoisotopic (exact) mass is 449 g/mol. The van der Waals surface area contributed by atoms with Gasteiger partial charge in [0.05, 0.1) is 17.2 Å². The molecule has 1 aromatic heterocycles. The molecule has 1 saturated heterocycles. The molecule has 1 N–H and O–H groups in total. The van der Waals surface area contributed by atoms with Crippen molar-refractivity contribution in [2.75, 3.05) is 13.1 Å². The van der Waals surface area contributed by atoms with E-state index >= 15 is 4.39 Å². The third-order valence-electron chi connectivity index (χ3n) is 6.34. The Hall–Kier alpha value is -3.80. The van der Waals surface area contributed by atoms with Crippen LogP contribution in [-0.2, 0) is 11.3 Å². The SMILES string of the molecule is N#Cc1ccc(-c2ccc(-c3n[nH]c(=O)n3CC3CCN(C(=O)C4CC4)C3)c(F)c2)c(F)c1. The van der Waals surface area contributed by atoms with Crippen molar-refractivity contribution in [2.24, 2.45) is 11.8 Å². The molecule has 3 aromatic rings. The number of hydrogen-bond acceptors (Lipinski definition) is 4. The minimum Gasteiger partial charge on any atom is -0.342 e. The number of halogens is 2. The molecule has 0 bridgehead atoms. The molecular weight excluding hydrogens is 428 g/mol. The predicted octanol–water partition coefficient (Wildman–Crippen LogP) is 3.31. The Balaban J connectivity index is 1.39. The molecule has 5 rings (SSSR count). The molecule has 1 atom stereocenters. The normalized spacial score (nSPS) is 17.8. The number of aromatic nitrogens is 3. The Morgan fingerprint density at radius 2 is 1.88 bits per heavy atom. The highest BCUT2D eigenvalue weighted by Crippen LogP contribution is 2.33. The molecule has 168 valence electrons. The summed E-state index contributed by atoms with van der Waals surface area (Å²) in [4.78, 5) is 26.6. The molecule has 1 saturated carbocycles. The lowest BCUT2D eigenvalue weighted by atomic mass is 10.0. The maximum absolute atomic E-state index is 15.1. The maximum Gasteiger partial charge on any atom is 0.343 e. The molecule has 2 heterocycles. The van der Waals surface area contributed by atoms with Gasteiger partial charge in [-0.2, -0.15) is 10.4 Å². The summed E-state index contributed by atoms with van der Waals surface area (Å²) in [5, 5.41) is 15.3. The Kier molecular flexibility index (Phi) is 5.29. The number of benzene rings is 2. The quantitative estimate of drug-likeness (QED) is 0.647. The molecule has 33 heavy (non-hydrogen) atoms. The van der Waals surface area contributed by atoms with Crippen LogP contribution in [0, 0.1) is 34.8 Å². The van der Waals surface area contributed by atoms with Crippen molar-refractivity contribution in [1.82, 2.24) is 19.7 Å². The fraction of sp³-hybridized carbons (Fsp3) is 0.333. The lowest BCUT2D eigenvalue weighted by Gasteiger charge is -2.16. The molecule has 7 nitrogen and oxygen atoms in total. The van der Waals surface area contributed by atoms with Gasteiger partial charge in [0.2, 0.25) is 5.91 Å². The molecule has 1 amide bonds. The number of nitrogens with zero attached hydrogens (tertiary/aromatic N) is 4. The molecule has 0 radical (unpaired) electrons. The van der Waals surface area contributed by atoms with Gasteiger partial charge < -0.3 is 4.90 Å².